The number of para-hydroxylation sites is 1. The van der Waals surface area contributed by atoms with Gasteiger partial charge in [0.2, 0.25) is 0 Å². The molecule has 0 saturated carbocycles. The smallest absolute Gasteiger partial charge is 0.328 e. The lowest BCUT2D eigenvalue weighted by Gasteiger charge is -2.08. The number of nitrogens with zero attached hydrogens (tertiary/aromatic N) is 1. The van der Waals surface area contributed by atoms with E-state index in [1.807, 2.05) is 26.0 Å². The van der Waals surface area contributed by atoms with Gasteiger partial charge in [0.25, 0.3) is 0 Å². The number of carboxylic acid groups (broad SMARTS) is 1. The maximum Gasteiger partial charge on any atom is 0.328 e. The first-order valence-electron chi connectivity index (χ1n) is 6.12. The van der Waals surface area contributed by atoms with Gasteiger partial charge in [0.1, 0.15) is 18.1 Å². The molecule has 2 rings (SSSR count). The van der Waals surface area contributed by atoms with Crippen molar-refractivity contribution in [1.82, 2.24) is 5.16 Å². The topological polar surface area (TPSA) is 72.6 Å². The number of rotatable bonds is 5. The fourth-order valence-corrected chi connectivity index (χ4v) is 1.77. The normalized spacial score (nSPS) is 10.9. The minimum atomic E-state index is -0.995. The first-order chi connectivity index (χ1) is 9.58. The van der Waals surface area contributed by atoms with Crippen LogP contribution in [0.4, 0.5) is 0 Å². The summed E-state index contributed by atoms with van der Waals surface area (Å²) >= 11 is 0. The Morgan fingerprint density at radius 3 is 2.80 bits per heavy atom. The van der Waals surface area contributed by atoms with Crippen molar-refractivity contribution >= 4 is 12.0 Å². The molecule has 0 amide bonds. The molecule has 0 saturated heterocycles. The molecule has 0 aliphatic carbocycles. The van der Waals surface area contributed by atoms with E-state index in [0.717, 1.165) is 23.1 Å². The van der Waals surface area contributed by atoms with Crippen LogP contribution in [0.5, 0.6) is 5.75 Å². The van der Waals surface area contributed by atoms with E-state index in [-0.39, 0.29) is 0 Å². The van der Waals surface area contributed by atoms with Crippen LogP contribution in [-0.4, -0.2) is 16.2 Å². The highest BCUT2D eigenvalue weighted by Crippen LogP contribution is 2.22. The van der Waals surface area contributed by atoms with Crippen molar-refractivity contribution in [2.45, 2.75) is 20.5 Å². The zero-order chi connectivity index (χ0) is 14.5. The SMILES string of the molecule is Cc1noc(C)c1COc1ccccc1/C=C\C(=O)O. The Balaban J connectivity index is 2.16. The molecular formula is C15H15NO4. The summed E-state index contributed by atoms with van der Waals surface area (Å²) in [5.74, 6) is 0.344. The molecule has 1 aromatic heterocycles. The molecule has 0 bridgehead atoms. The van der Waals surface area contributed by atoms with Crippen LogP contribution < -0.4 is 4.74 Å². The minimum absolute atomic E-state index is 0.332. The van der Waals surface area contributed by atoms with Crippen molar-refractivity contribution in [3.63, 3.8) is 0 Å². The number of carbonyl (C=O) groups is 1. The van der Waals surface area contributed by atoms with E-state index < -0.39 is 5.97 Å². The molecule has 0 aliphatic rings. The van der Waals surface area contributed by atoms with E-state index in [1.165, 1.54) is 6.08 Å². The van der Waals surface area contributed by atoms with E-state index in [0.29, 0.717) is 17.9 Å². The molecule has 1 N–H and O–H groups in total. The van der Waals surface area contributed by atoms with Gasteiger partial charge in [-0.3, -0.25) is 0 Å². The summed E-state index contributed by atoms with van der Waals surface area (Å²) in [5.41, 5.74) is 2.41. The van der Waals surface area contributed by atoms with Gasteiger partial charge in [-0.2, -0.15) is 0 Å². The first-order valence-corrected chi connectivity index (χ1v) is 6.12. The lowest BCUT2D eigenvalue weighted by Crippen LogP contribution is -1.99. The Hall–Kier alpha value is -2.56. The zero-order valence-electron chi connectivity index (χ0n) is 11.3. The molecule has 0 fully saturated rings. The number of hydrogen-bond acceptors (Lipinski definition) is 4. The van der Waals surface area contributed by atoms with E-state index in [1.54, 1.807) is 12.1 Å². The van der Waals surface area contributed by atoms with Crippen LogP contribution in [0.1, 0.15) is 22.6 Å². The summed E-state index contributed by atoms with van der Waals surface area (Å²) in [6.07, 6.45) is 2.59. The van der Waals surface area contributed by atoms with Crippen LogP contribution in [0.2, 0.25) is 0 Å². The van der Waals surface area contributed by atoms with Gasteiger partial charge in [0.15, 0.2) is 0 Å². The summed E-state index contributed by atoms with van der Waals surface area (Å²) in [7, 11) is 0. The average molecular weight is 273 g/mol. The zero-order valence-corrected chi connectivity index (χ0v) is 11.3. The van der Waals surface area contributed by atoms with Crippen molar-refractivity contribution in [2.24, 2.45) is 0 Å². The Kier molecular flexibility index (Phi) is 4.20. The van der Waals surface area contributed by atoms with Crippen LogP contribution in [0.15, 0.2) is 34.9 Å². The predicted octanol–water partition coefficient (Wildman–Crippen LogP) is 2.97. The van der Waals surface area contributed by atoms with Crippen molar-refractivity contribution in [3.05, 3.63) is 52.9 Å². The number of carboxylic acids is 1. The van der Waals surface area contributed by atoms with Crippen LogP contribution in [0.25, 0.3) is 6.08 Å². The maximum atomic E-state index is 10.6. The van der Waals surface area contributed by atoms with E-state index in [2.05, 4.69) is 5.16 Å². The Morgan fingerprint density at radius 1 is 1.40 bits per heavy atom. The second kappa shape index (κ2) is 6.06. The van der Waals surface area contributed by atoms with Crippen molar-refractivity contribution in [1.29, 1.82) is 0 Å². The fraction of sp³-hybridized carbons (Fsp3) is 0.200. The average Bonchev–Trinajstić information content (AvgIpc) is 2.74. The lowest BCUT2D eigenvalue weighted by molar-refractivity contribution is -0.131. The highest BCUT2D eigenvalue weighted by atomic mass is 16.5. The van der Waals surface area contributed by atoms with E-state index >= 15 is 0 Å². The Bertz CT molecular complexity index is 624. The number of ether oxygens (including phenoxy) is 1. The molecule has 5 heteroatoms. The van der Waals surface area contributed by atoms with E-state index in [9.17, 15) is 4.79 Å². The molecular weight excluding hydrogens is 258 g/mol. The standard InChI is InChI=1S/C15H15NO4/c1-10-13(11(2)20-16-10)9-19-14-6-4-3-5-12(14)7-8-15(17)18/h3-8H,9H2,1-2H3,(H,17,18)/b8-7-. The summed E-state index contributed by atoms with van der Waals surface area (Å²) in [6.45, 7) is 4.01. The maximum absolute atomic E-state index is 10.6. The Labute approximate surface area is 116 Å². The second-order valence-electron chi connectivity index (χ2n) is 4.30. The van der Waals surface area contributed by atoms with Crippen molar-refractivity contribution in [2.75, 3.05) is 0 Å². The van der Waals surface area contributed by atoms with Crippen molar-refractivity contribution in [3.8, 4) is 5.75 Å². The predicted molar refractivity (Wildman–Crippen MR) is 73.4 cm³/mol. The van der Waals surface area contributed by atoms with E-state index in [4.69, 9.17) is 14.4 Å². The third kappa shape index (κ3) is 3.26. The molecule has 20 heavy (non-hydrogen) atoms. The molecule has 0 aliphatic heterocycles. The molecule has 2 aromatic rings. The first kappa shape index (κ1) is 13.9. The molecule has 0 unspecified atom stereocenters. The third-order valence-corrected chi connectivity index (χ3v) is 2.88. The fourth-order valence-electron chi connectivity index (χ4n) is 1.77. The van der Waals surface area contributed by atoms with Crippen LogP contribution >= 0.6 is 0 Å². The highest BCUT2D eigenvalue weighted by molar-refractivity contribution is 5.85. The minimum Gasteiger partial charge on any atom is -0.488 e. The Morgan fingerprint density at radius 2 is 2.15 bits per heavy atom. The van der Waals surface area contributed by atoms with Gasteiger partial charge in [-0.05, 0) is 26.0 Å². The molecule has 104 valence electrons. The van der Waals surface area contributed by atoms with Gasteiger partial charge in [0.05, 0.1) is 11.3 Å². The van der Waals surface area contributed by atoms with Crippen molar-refractivity contribution < 1.29 is 19.2 Å². The number of aryl methyl sites for hydroxylation is 2. The second-order valence-corrected chi connectivity index (χ2v) is 4.30. The summed E-state index contributed by atoms with van der Waals surface area (Å²) in [6, 6.07) is 7.24. The molecule has 1 aromatic carbocycles. The van der Waals surface area contributed by atoms with Gasteiger partial charge in [0, 0.05) is 11.6 Å². The monoisotopic (exact) mass is 273 g/mol. The largest absolute Gasteiger partial charge is 0.488 e. The summed E-state index contributed by atoms with van der Waals surface area (Å²) < 4.78 is 10.8. The molecule has 0 spiro atoms. The highest BCUT2D eigenvalue weighted by Gasteiger charge is 2.10. The quantitative estimate of drug-likeness (QED) is 0.848. The van der Waals surface area contributed by atoms with Gasteiger partial charge < -0.3 is 14.4 Å². The van der Waals surface area contributed by atoms with Gasteiger partial charge >= 0.3 is 5.97 Å². The van der Waals surface area contributed by atoms with Crippen LogP contribution in [0.3, 0.4) is 0 Å². The molecule has 0 atom stereocenters. The van der Waals surface area contributed by atoms with Gasteiger partial charge in [-0.15, -0.1) is 0 Å². The summed E-state index contributed by atoms with van der Waals surface area (Å²) in [5, 5.41) is 12.5. The number of aliphatic carboxylic acids is 1. The lowest BCUT2D eigenvalue weighted by atomic mass is 10.2. The molecule has 5 nitrogen and oxygen atoms in total. The number of hydrogen-bond donors (Lipinski definition) is 1. The van der Waals surface area contributed by atoms with Crippen LogP contribution in [-0.2, 0) is 11.4 Å². The number of aromatic nitrogens is 1. The summed E-state index contributed by atoms with van der Waals surface area (Å²) in [4.78, 5) is 10.6. The third-order valence-electron chi connectivity index (χ3n) is 2.88. The molecule has 0 radical (unpaired) electrons. The van der Waals surface area contributed by atoms with Gasteiger partial charge in [-0.25, -0.2) is 4.79 Å². The van der Waals surface area contributed by atoms with Crippen LogP contribution in [0, 0.1) is 13.8 Å². The molecule has 1 heterocycles. The van der Waals surface area contributed by atoms with Gasteiger partial charge in [-0.1, -0.05) is 23.4 Å². The number of benzene rings is 1.